The van der Waals surface area contributed by atoms with Crippen LogP contribution in [0.1, 0.15) is 16.7 Å². The Morgan fingerprint density at radius 1 is 1.14 bits per heavy atom. The molecular formula is C16H10F4N3NaO3S2. The standard InChI is InChI=1S/C16H11F4N3O3S2.Na/c17-12-3-1-8(6-11(12)16(18,19)20)5-10-7-9(14-22-15(24)27-23-14)2-4-13(10)28(21,25)26;/h1-4,6-7H,5H2,(H3,21,22,23,24,25,26);/q;+1/p-1. The SMILES string of the molecule is [NH-]S(=O)(=O)c1ccc(-c2nsc(=O)[nH]2)cc1Cc1ccc(F)c(C(F)(F)F)c1.[Na+]. The minimum atomic E-state index is -4.91. The third-order valence-corrected chi connectivity index (χ3v) is 5.31. The van der Waals surface area contributed by atoms with Crippen LogP contribution in [0.3, 0.4) is 0 Å². The largest absolute Gasteiger partial charge is 1.00 e. The molecule has 0 fully saturated rings. The zero-order valence-electron chi connectivity index (χ0n) is 14.7. The first kappa shape index (κ1) is 23.7. The van der Waals surface area contributed by atoms with Gasteiger partial charge in [-0.05, 0) is 47.9 Å². The van der Waals surface area contributed by atoms with Crippen LogP contribution in [0.2, 0.25) is 0 Å². The molecule has 0 saturated carbocycles. The number of H-pyrrole nitrogens is 1. The summed E-state index contributed by atoms with van der Waals surface area (Å²) >= 11 is 0.642. The van der Waals surface area contributed by atoms with Gasteiger partial charge in [0.2, 0.25) is 0 Å². The summed E-state index contributed by atoms with van der Waals surface area (Å²) < 4.78 is 79.6. The Kier molecular flexibility index (Phi) is 7.08. The summed E-state index contributed by atoms with van der Waals surface area (Å²) in [5, 5.41) is 7.30. The van der Waals surface area contributed by atoms with Gasteiger partial charge in [0.05, 0.1) is 20.5 Å². The fourth-order valence-corrected chi connectivity index (χ4v) is 3.79. The maximum absolute atomic E-state index is 13.5. The van der Waals surface area contributed by atoms with Gasteiger partial charge >= 0.3 is 40.6 Å². The van der Waals surface area contributed by atoms with Gasteiger partial charge in [0.15, 0.2) is 5.82 Å². The summed E-state index contributed by atoms with van der Waals surface area (Å²) in [6, 6.07) is 6.08. The van der Waals surface area contributed by atoms with Crippen LogP contribution in [0.25, 0.3) is 16.5 Å². The third-order valence-electron chi connectivity index (χ3n) is 3.79. The average molecular weight is 455 g/mol. The molecule has 0 bridgehead atoms. The van der Waals surface area contributed by atoms with Gasteiger partial charge in [0, 0.05) is 17.1 Å². The second-order valence-corrected chi connectivity index (χ2v) is 7.94. The number of rotatable bonds is 4. The summed E-state index contributed by atoms with van der Waals surface area (Å²) in [7, 11) is -4.43. The molecule has 0 unspecified atom stereocenters. The molecule has 0 aliphatic carbocycles. The van der Waals surface area contributed by atoms with Crippen LogP contribution in [0.4, 0.5) is 17.6 Å². The molecular weight excluding hydrogens is 445 g/mol. The Morgan fingerprint density at radius 2 is 1.83 bits per heavy atom. The van der Waals surface area contributed by atoms with Crippen LogP contribution in [0, 0.1) is 5.82 Å². The Labute approximate surface area is 188 Å². The molecule has 1 aromatic heterocycles. The number of aromatic nitrogens is 2. The Balaban J connectivity index is 0.00000300. The normalized spacial score (nSPS) is 11.9. The number of hydrogen-bond acceptors (Lipinski definition) is 5. The second kappa shape index (κ2) is 8.66. The van der Waals surface area contributed by atoms with E-state index in [-0.39, 0.29) is 52.9 Å². The summed E-state index contributed by atoms with van der Waals surface area (Å²) in [6.45, 7) is 0. The Bertz CT molecular complexity index is 1210. The van der Waals surface area contributed by atoms with Crippen molar-refractivity contribution in [1.82, 2.24) is 9.36 Å². The second-order valence-electron chi connectivity index (χ2n) is 5.76. The van der Waals surface area contributed by atoms with E-state index in [9.17, 15) is 30.8 Å². The van der Waals surface area contributed by atoms with Crippen molar-refractivity contribution in [1.29, 1.82) is 0 Å². The van der Waals surface area contributed by atoms with Gasteiger partial charge in [0.25, 0.3) is 0 Å². The van der Waals surface area contributed by atoms with E-state index >= 15 is 0 Å². The van der Waals surface area contributed by atoms with Crippen molar-refractivity contribution in [3.63, 3.8) is 0 Å². The van der Waals surface area contributed by atoms with Gasteiger partial charge < -0.3 is 5.14 Å². The van der Waals surface area contributed by atoms with Crippen LogP contribution >= 0.6 is 11.5 Å². The zero-order chi connectivity index (χ0) is 20.7. The maximum atomic E-state index is 13.5. The van der Waals surface area contributed by atoms with Crippen molar-refractivity contribution in [2.45, 2.75) is 17.5 Å². The number of halogens is 4. The molecule has 148 valence electrons. The third kappa shape index (κ3) is 5.53. The average Bonchev–Trinajstić information content (AvgIpc) is 3.01. The number of aromatic amines is 1. The number of alkyl halides is 3. The summed E-state index contributed by atoms with van der Waals surface area (Å²) in [5.41, 5.74) is -1.14. The quantitative estimate of drug-likeness (QED) is 0.468. The van der Waals surface area contributed by atoms with E-state index < -0.39 is 37.3 Å². The molecule has 6 nitrogen and oxygen atoms in total. The minimum absolute atomic E-state index is 0. The number of nitrogens with zero attached hydrogens (tertiary/aromatic N) is 1. The molecule has 0 aliphatic rings. The molecule has 3 aromatic rings. The predicted molar refractivity (Wildman–Crippen MR) is 93.9 cm³/mol. The Hall–Kier alpha value is -1.57. The van der Waals surface area contributed by atoms with Gasteiger partial charge in [-0.2, -0.15) is 17.5 Å². The van der Waals surface area contributed by atoms with Crippen molar-refractivity contribution in [2.24, 2.45) is 0 Å². The summed E-state index contributed by atoms with van der Waals surface area (Å²) in [5.74, 6) is -1.29. The van der Waals surface area contributed by atoms with Crippen LogP contribution in [-0.4, -0.2) is 17.8 Å². The van der Waals surface area contributed by atoms with Crippen molar-refractivity contribution in [2.75, 3.05) is 0 Å². The topological polar surface area (TPSA) is 104 Å². The first-order valence-electron chi connectivity index (χ1n) is 7.50. The number of nitrogens with one attached hydrogen (secondary N) is 2. The van der Waals surface area contributed by atoms with Crippen molar-refractivity contribution in [3.05, 3.63) is 73.7 Å². The summed E-state index contributed by atoms with van der Waals surface area (Å²) in [4.78, 5) is 12.8. The van der Waals surface area contributed by atoms with Crippen molar-refractivity contribution < 1.29 is 55.5 Å². The van der Waals surface area contributed by atoms with E-state index in [2.05, 4.69) is 9.36 Å². The fourth-order valence-electron chi connectivity index (χ4n) is 2.60. The van der Waals surface area contributed by atoms with Crippen LogP contribution < -0.4 is 34.4 Å². The number of sulfonamides is 1. The molecule has 29 heavy (non-hydrogen) atoms. The molecule has 2 aromatic carbocycles. The molecule has 0 atom stereocenters. The van der Waals surface area contributed by atoms with Crippen molar-refractivity contribution in [3.8, 4) is 11.4 Å². The first-order chi connectivity index (χ1) is 12.9. The molecule has 0 saturated heterocycles. The molecule has 3 rings (SSSR count). The minimum Gasteiger partial charge on any atom is -0.560 e. The first-order valence-corrected chi connectivity index (χ1v) is 9.75. The van der Waals surface area contributed by atoms with Crippen LogP contribution in [0.5, 0.6) is 0 Å². The van der Waals surface area contributed by atoms with Crippen LogP contribution in [0.15, 0.2) is 46.1 Å². The van der Waals surface area contributed by atoms with Crippen molar-refractivity contribution >= 4 is 21.6 Å². The van der Waals surface area contributed by atoms with E-state index in [0.717, 1.165) is 12.1 Å². The molecule has 13 heteroatoms. The molecule has 0 aliphatic heterocycles. The van der Waals surface area contributed by atoms with Gasteiger partial charge in [-0.1, -0.05) is 6.07 Å². The van der Waals surface area contributed by atoms with E-state index in [4.69, 9.17) is 5.14 Å². The van der Waals surface area contributed by atoms with Gasteiger partial charge in [-0.3, -0.25) is 9.78 Å². The monoisotopic (exact) mass is 455 g/mol. The Morgan fingerprint density at radius 3 is 2.38 bits per heavy atom. The van der Waals surface area contributed by atoms with Gasteiger partial charge in [-0.25, -0.2) is 12.8 Å². The van der Waals surface area contributed by atoms with E-state index in [0.29, 0.717) is 29.2 Å². The fraction of sp³-hybridized carbons (Fsp3) is 0.125. The van der Waals surface area contributed by atoms with E-state index in [1.165, 1.54) is 12.1 Å². The molecule has 1 heterocycles. The molecule has 0 amide bonds. The van der Waals surface area contributed by atoms with E-state index in [1.807, 2.05) is 0 Å². The molecule has 0 radical (unpaired) electrons. The molecule has 2 N–H and O–H groups in total. The van der Waals surface area contributed by atoms with Crippen LogP contribution in [-0.2, 0) is 22.6 Å². The maximum Gasteiger partial charge on any atom is 1.00 e. The van der Waals surface area contributed by atoms with Gasteiger partial charge in [-0.15, -0.1) is 0 Å². The molecule has 0 spiro atoms. The zero-order valence-corrected chi connectivity index (χ0v) is 18.3. The number of hydrogen-bond donors (Lipinski definition) is 1. The summed E-state index contributed by atoms with van der Waals surface area (Å²) in [6.07, 6.45) is -5.22. The van der Waals surface area contributed by atoms with Gasteiger partial charge in [0.1, 0.15) is 5.82 Å². The van der Waals surface area contributed by atoms with E-state index in [1.54, 1.807) is 0 Å². The smallest absolute Gasteiger partial charge is 0.560 e. The predicted octanol–water partition coefficient (Wildman–Crippen LogP) is 0.992. The number of benzene rings is 2.